The Bertz CT molecular complexity index is 793. The van der Waals surface area contributed by atoms with Crippen LogP contribution in [0, 0.1) is 19.3 Å². The predicted molar refractivity (Wildman–Crippen MR) is 113 cm³/mol. The zero-order valence-electron chi connectivity index (χ0n) is 18.4. The molecule has 1 saturated carbocycles. The van der Waals surface area contributed by atoms with Gasteiger partial charge in [-0.2, -0.15) is 0 Å². The number of hydrogen-bond acceptors (Lipinski definition) is 4. The molecule has 0 bridgehead atoms. The highest BCUT2D eigenvalue weighted by molar-refractivity contribution is 5.99. The van der Waals surface area contributed by atoms with Crippen molar-refractivity contribution in [3.63, 3.8) is 0 Å². The second-order valence-electron chi connectivity index (χ2n) is 9.15. The smallest absolute Gasteiger partial charge is 0.313 e. The highest BCUT2D eigenvalue weighted by Crippen LogP contribution is 2.42. The van der Waals surface area contributed by atoms with Gasteiger partial charge < -0.3 is 14.6 Å². The van der Waals surface area contributed by atoms with Crippen LogP contribution in [0.4, 0.5) is 0 Å². The fourth-order valence-electron chi connectivity index (χ4n) is 4.13. The molecule has 1 fully saturated rings. The van der Waals surface area contributed by atoms with E-state index in [9.17, 15) is 14.4 Å². The van der Waals surface area contributed by atoms with E-state index in [1.54, 1.807) is 6.08 Å². The molecule has 1 aliphatic carbocycles. The number of nitrogens with zero attached hydrogens (tertiary/aromatic N) is 1. The molecular weight excluding hydrogens is 368 g/mol. The molecular formula is C23H34N2O4. The van der Waals surface area contributed by atoms with Crippen LogP contribution in [0.15, 0.2) is 18.7 Å². The van der Waals surface area contributed by atoms with E-state index >= 15 is 0 Å². The molecule has 0 unspecified atom stereocenters. The molecule has 1 N–H and O–H groups in total. The molecule has 0 spiro atoms. The standard InChI is InChI=1S/C23H34N2O4/c1-7-12-25-16(2)13-18(17(25)3)19(26)15-29-21(28)23(10-8-9-11-23)14-20(27)24-22(4,5)6/h7,13H,1,8-12,14-15H2,2-6H3,(H,24,27). The van der Waals surface area contributed by atoms with Gasteiger partial charge in [-0.05, 0) is 53.5 Å². The summed E-state index contributed by atoms with van der Waals surface area (Å²) in [5.41, 5.74) is 1.18. The average Bonchev–Trinajstić information content (AvgIpc) is 3.18. The summed E-state index contributed by atoms with van der Waals surface area (Å²) in [5, 5.41) is 2.92. The number of ether oxygens (including phenoxy) is 1. The van der Waals surface area contributed by atoms with Gasteiger partial charge in [0.25, 0.3) is 0 Å². The quantitative estimate of drug-likeness (QED) is 0.407. The van der Waals surface area contributed by atoms with Crippen LogP contribution in [0.25, 0.3) is 0 Å². The van der Waals surface area contributed by atoms with Crippen molar-refractivity contribution in [1.82, 2.24) is 9.88 Å². The lowest BCUT2D eigenvalue weighted by Crippen LogP contribution is -2.44. The number of Topliss-reactive ketones (excluding diaryl/α,β-unsaturated/α-hetero) is 1. The second-order valence-corrected chi connectivity index (χ2v) is 9.15. The van der Waals surface area contributed by atoms with Crippen molar-refractivity contribution in [3.8, 4) is 0 Å². The molecule has 0 atom stereocenters. The highest BCUT2D eigenvalue weighted by Gasteiger charge is 2.44. The SMILES string of the molecule is C=CCn1c(C)cc(C(=O)COC(=O)C2(CC(=O)NC(C)(C)C)CCCC2)c1C. The van der Waals surface area contributed by atoms with Crippen LogP contribution in [0.2, 0.25) is 0 Å². The topological polar surface area (TPSA) is 77.4 Å². The number of allylic oxidation sites excluding steroid dienone is 1. The van der Waals surface area contributed by atoms with Crippen LogP contribution >= 0.6 is 0 Å². The van der Waals surface area contributed by atoms with E-state index in [4.69, 9.17) is 4.74 Å². The van der Waals surface area contributed by atoms with Crippen LogP contribution in [-0.2, 0) is 20.9 Å². The van der Waals surface area contributed by atoms with Crippen LogP contribution in [-0.4, -0.2) is 34.4 Å². The van der Waals surface area contributed by atoms with Gasteiger partial charge in [-0.15, -0.1) is 6.58 Å². The number of carbonyl (C=O) groups excluding carboxylic acids is 3. The van der Waals surface area contributed by atoms with Crippen LogP contribution < -0.4 is 5.32 Å². The van der Waals surface area contributed by atoms with Crippen molar-refractivity contribution in [2.45, 2.75) is 78.8 Å². The Morgan fingerprint density at radius 2 is 1.86 bits per heavy atom. The van der Waals surface area contributed by atoms with Crippen LogP contribution in [0.1, 0.15) is 74.6 Å². The number of nitrogens with one attached hydrogen (secondary N) is 1. The maximum absolute atomic E-state index is 12.9. The molecule has 1 heterocycles. The zero-order chi connectivity index (χ0) is 21.8. The molecule has 6 nitrogen and oxygen atoms in total. The third-order valence-electron chi connectivity index (χ3n) is 5.53. The normalized spacial score (nSPS) is 15.8. The Morgan fingerprint density at radius 1 is 1.24 bits per heavy atom. The van der Waals surface area contributed by atoms with Gasteiger partial charge in [-0.25, -0.2) is 0 Å². The van der Waals surface area contributed by atoms with Crippen LogP contribution in [0.3, 0.4) is 0 Å². The molecule has 1 aromatic heterocycles. The number of aryl methyl sites for hydroxylation is 1. The molecule has 0 aliphatic heterocycles. The van der Waals surface area contributed by atoms with E-state index in [2.05, 4.69) is 11.9 Å². The lowest BCUT2D eigenvalue weighted by atomic mass is 9.82. The van der Waals surface area contributed by atoms with Gasteiger partial charge in [0.1, 0.15) is 0 Å². The Balaban J connectivity index is 2.05. The predicted octanol–water partition coefficient (Wildman–Crippen LogP) is 3.88. The third-order valence-corrected chi connectivity index (χ3v) is 5.53. The van der Waals surface area contributed by atoms with E-state index in [0.29, 0.717) is 24.9 Å². The Kier molecular flexibility index (Phi) is 7.09. The summed E-state index contributed by atoms with van der Waals surface area (Å²) in [6, 6.07) is 1.82. The Labute approximate surface area is 173 Å². The van der Waals surface area contributed by atoms with E-state index in [0.717, 1.165) is 24.2 Å². The first-order valence-electron chi connectivity index (χ1n) is 10.3. The summed E-state index contributed by atoms with van der Waals surface area (Å²) in [5.74, 6) is -0.822. The first-order chi connectivity index (χ1) is 13.5. The van der Waals surface area contributed by atoms with Crippen molar-refractivity contribution < 1.29 is 19.1 Å². The lowest BCUT2D eigenvalue weighted by molar-refractivity contribution is -0.157. The van der Waals surface area contributed by atoms with Crippen molar-refractivity contribution in [3.05, 3.63) is 35.7 Å². The summed E-state index contributed by atoms with van der Waals surface area (Å²) < 4.78 is 7.44. The van der Waals surface area contributed by atoms with Crippen molar-refractivity contribution in [1.29, 1.82) is 0 Å². The Morgan fingerprint density at radius 3 is 2.41 bits per heavy atom. The number of esters is 1. The van der Waals surface area contributed by atoms with Gasteiger partial charge in [-0.3, -0.25) is 14.4 Å². The number of aromatic nitrogens is 1. The molecule has 6 heteroatoms. The molecule has 0 aromatic carbocycles. The van der Waals surface area contributed by atoms with E-state index in [-0.39, 0.29) is 30.3 Å². The molecule has 1 aliphatic rings. The van der Waals surface area contributed by atoms with Gasteiger partial charge in [0.05, 0.1) is 5.41 Å². The minimum Gasteiger partial charge on any atom is -0.457 e. The van der Waals surface area contributed by atoms with E-state index < -0.39 is 11.4 Å². The minimum atomic E-state index is -0.824. The minimum absolute atomic E-state index is 0.102. The summed E-state index contributed by atoms with van der Waals surface area (Å²) in [6.07, 6.45) is 4.88. The molecule has 1 aromatic rings. The maximum Gasteiger partial charge on any atom is 0.313 e. The Hall–Kier alpha value is -2.37. The fraction of sp³-hybridized carbons (Fsp3) is 0.609. The van der Waals surface area contributed by atoms with Gasteiger partial charge in [0.15, 0.2) is 6.61 Å². The van der Waals surface area contributed by atoms with Crippen molar-refractivity contribution in [2.24, 2.45) is 5.41 Å². The van der Waals surface area contributed by atoms with Crippen LogP contribution in [0.5, 0.6) is 0 Å². The largest absolute Gasteiger partial charge is 0.457 e. The number of ketones is 1. The lowest BCUT2D eigenvalue weighted by Gasteiger charge is -2.28. The highest BCUT2D eigenvalue weighted by atomic mass is 16.5. The first kappa shape index (κ1) is 22.9. The first-order valence-corrected chi connectivity index (χ1v) is 10.3. The van der Waals surface area contributed by atoms with Gasteiger partial charge in [0, 0.05) is 35.5 Å². The molecule has 0 saturated heterocycles. The molecule has 2 rings (SSSR count). The molecule has 1 amide bonds. The molecule has 0 radical (unpaired) electrons. The zero-order valence-corrected chi connectivity index (χ0v) is 18.4. The maximum atomic E-state index is 12.9. The summed E-state index contributed by atoms with van der Waals surface area (Å²) in [4.78, 5) is 38.0. The van der Waals surface area contributed by atoms with Gasteiger partial charge in [-0.1, -0.05) is 18.9 Å². The van der Waals surface area contributed by atoms with E-state index in [1.807, 2.05) is 45.3 Å². The number of carbonyl (C=O) groups is 3. The summed E-state index contributed by atoms with van der Waals surface area (Å²) in [7, 11) is 0. The fourth-order valence-corrected chi connectivity index (χ4v) is 4.13. The van der Waals surface area contributed by atoms with Crippen molar-refractivity contribution in [2.75, 3.05) is 6.61 Å². The monoisotopic (exact) mass is 402 g/mol. The van der Waals surface area contributed by atoms with Gasteiger partial charge in [0.2, 0.25) is 11.7 Å². The molecule has 160 valence electrons. The average molecular weight is 403 g/mol. The third kappa shape index (κ3) is 5.58. The van der Waals surface area contributed by atoms with E-state index in [1.165, 1.54) is 0 Å². The summed E-state index contributed by atoms with van der Waals surface area (Å²) >= 11 is 0. The number of rotatable bonds is 8. The van der Waals surface area contributed by atoms with Crippen molar-refractivity contribution >= 4 is 17.7 Å². The molecule has 29 heavy (non-hydrogen) atoms. The van der Waals surface area contributed by atoms with Gasteiger partial charge >= 0.3 is 5.97 Å². The summed E-state index contributed by atoms with van der Waals surface area (Å²) in [6.45, 7) is 13.6. The number of amides is 1. The number of hydrogen-bond donors (Lipinski definition) is 1. The second kappa shape index (κ2) is 8.97.